The molecular formula is C10H10FN3O2. The van der Waals surface area contributed by atoms with Crippen molar-refractivity contribution >= 4 is 0 Å². The van der Waals surface area contributed by atoms with E-state index in [-0.39, 0.29) is 18.2 Å². The molecular weight excluding hydrogens is 213 g/mol. The molecule has 0 amide bonds. The molecule has 0 N–H and O–H groups in total. The number of aryl methyl sites for hydroxylation is 1. The van der Waals surface area contributed by atoms with Gasteiger partial charge in [0.05, 0.1) is 6.61 Å². The molecule has 0 spiro atoms. The van der Waals surface area contributed by atoms with Crippen LogP contribution in [-0.2, 0) is 11.3 Å². The van der Waals surface area contributed by atoms with Crippen LogP contribution in [0.4, 0.5) is 4.39 Å². The monoisotopic (exact) mass is 223 g/mol. The maximum Gasteiger partial charge on any atom is 0.276 e. The topological polar surface area (TPSA) is 61.0 Å². The zero-order chi connectivity index (χ0) is 11.5. The predicted octanol–water partition coefficient (Wildman–Crippen LogP) is 1.73. The summed E-state index contributed by atoms with van der Waals surface area (Å²) < 4.78 is 23.0. The number of rotatable bonds is 3. The van der Waals surface area contributed by atoms with Gasteiger partial charge in [0.25, 0.3) is 5.89 Å². The maximum atomic E-state index is 13.3. The molecule has 0 saturated heterocycles. The minimum absolute atomic E-state index is 0.104. The van der Waals surface area contributed by atoms with Gasteiger partial charge in [-0.1, -0.05) is 5.16 Å². The zero-order valence-corrected chi connectivity index (χ0v) is 8.90. The summed E-state index contributed by atoms with van der Waals surface area (Å²) in [5.74, 6) is 0.367. The first-order valence-corrected chi connectivity index (χ1v) is 4.65. The van der Waals surface area contributed by atoms with Gasteiger partial charge in [-0.3, -0.25) is 0 Å². The summed E-state index contributed by atoms with van der Waals surface area (Å²) in [4.78, 5) is 8.06. The smallest absolute Gasteiger partial charge is 0.276 e. The van der Waals surface area contributed by atoms with Crippen LogP contribution in [0.1, 0.15) is 11.5 Å². The van der Waals surface area contributed by atoms with Gasteiger partial charge in [-0.2, -0.15) is 4.98 Å². The Bertz CT molecular complexity index is 499. The summed E-state index contributed by atoms with van der Waals surface area (Å²) in [5.41, 5.74) is 0.657. The van der Waals surface area contributed by atoms with Gasteiger partial charge in [0, 0.05) is 7.11 Å². The Morgan fingerprint density at radius 1 is 1.38 bits per heavy atom. The lowest BCUT2D eigenvalue weighted by molar-refractivity contribution is 0.177. The van der Waals surface area contributed by atoms with Crippen molar-refractivity contribution < 1.29 is 13.7 Å². The molecule has 0 aromatic carbocycles. The van der Waals surface area contributed by atoms with Crippen LogP contribution in [0.2, 0.25) is 0 Å². The highest BCUT2D eigenvalue weighted by Gasteiger charge is 2.11. The van der Waals surface area contributed by atoms with E-state index in [0.717, 1.165) is 0 Å². The van der Waals surface area contributed by atoms with Crippen molar-refractivity contribution in [1.29, 1.82) is 0 Å². The predicted molar refractivity (Wildman–Crippen MR) is 52.9 cm³/mol. The second kappa shape index (κ2) is 4.36. The Kier molecular flexibility index (Phi) is 2.91. The molecule has 2 rings (SSSR count). The van der Waals surface area contributed by atoms with Crippen LogP contribution in [-0.4, -0.2) is 22.2 Å². The molecule has 0 aliphatic heterocycles. The quantitative estimate of drug-likeness (QED) is 0.792. The molecule has 0 radical (unpaired) electrons. The first kappa shape index (κ1) is 10.7. The second-order valence-corrected chi connectivity index (χ2v) is 3.20. The molecule has 84 valence electrons. The van der Waals surface area contributed by atoms with E-state index in [9.17, 15) is 4.39 Å². The average molecular weight is 223 g/mol. The fourth-order valence-corrected chi connectivity index (χ4v) is 1.24. The maximum absolute atomic E-state index is 13.3. The number of halogens is 1. The minimum atomic E-state index is -0.415. The number of methoxy groups -OCH3 is 1. The molecule has 2 aromatic heterocycles. The summed E-state index contributed by atoms with van der Waals surface area (Å²) in [7, 11) is 1.48. The van der Waals surface area contributed by atoms with E-state index in [2.05, 4.69) is 15.1 Å². The highest BCUT2D eigenvalue weighted by Crippen LogP contribution is 2.16. The van der Waals surface area contributed by atoms with Gasteiger partial charge in [-0.15, -0.1) is 0 Å². The number of hydrogen-bond donors (Lipinski definition) is 0. The standard InChI is InChI=1S/C10H10FN3O2/c1-6-12-10(16-14-6)8-4-3-7(11)9(13-8)5-15-2/h3-4H,5H2,1-2H3. The van der Waals surface area contributed by atoms with E-state index >= 15 is 0 Å². The Labute approximate surface area is 91.3 Å². The van der Waals surface area contributed by atoms with Crippen molar-refractivity contribution in [2.75, 3.05) is 7.11 Å². The van der Waals surface area contributed by atoms with Gasteiger partial charge < -0.3 is 9.26 Å². The third-order valence-electron chi connectivity index (χ3n) is 1.95. The fourth-order valence-electron chi connectivity index (χ4n) is 1.24. The summed E-state index contributed by atoms with van der Waals surface area (Å²) in [6, 6.07) is 2.79. The van der Waals surface area contributed by atoms with Crippen LogP contribution < -0.4 is 0 Å². The van der Waals surface area contributed by atoms with Crippen LogP contribution in [0.25, 0.3) is 11.6 Å². The van der Waals surface area contributed by atoms with Gasteiger partial charge in [0.2, 0.25) is 0 Å². The van der Waals surface area contributed by atoms with Gasteiger partial charge >= 0.3 is 0 Å². The molecule has 0 aliphatic rings. The fraction of sp³-hybridized carbons (Fsp3) is 0.300. The lowest BCUT2D eigenvalue weighted by Crippen LogP contribution is -1.98. The number of ether oxygens (including phenoxy) is 1. The van der Waals surface area contributed by atoms with Gasteiger partial charge in [-0.05, 0) is 19.1 Å². The van der Waals surface area contributed by atoms with Crippen molar-refractivity contribution in [2.24, 2.45) is 0 Å². The molecule has 2 heterocycles. The molecule has 0 aliphatic carbocycles. The Balaban J connectivity index is 2.39. The lowest BCUT2D eigenvalue weighted by atomic mass is 10.3. The van der Waals surface area contributed by atoms with Crippen LogP contribution in [0.5, 0.6) is 0 Å². The van der Waals surface area contributed by atoms with Crippen LogP contribution in [0.15, 0.2) is 16.7 Å². The van der Waals surface area contributed by atoms with Gasteiger partial charge in [0.1, 0.15) is 17.2 Å². The molecule has 0 unspecified atom stereocenters. The summed E-state index contributed by atoms with van der Waals surface area (Å²) in [5, 5.41) is 3.64. The number of hydrogen-bond acceptors (Lipinski definition) is 5. The Morgan fingerprint density at radius 2 is 2.19 bits per heavy atom. The van der Waals surface area contributed by atoms with Gasteiger partial charge in [0.15, 0.2) is 5.82 Å². The van der Waals surface area contributed by atoms with Crippen LogP contribution in [0, 0.1) is 12.7 Å². The van der Waals surface area contributed by atoms with Crippen LogP contribution in [0.3, 0.4) is 0 Å². The minimum Gasteiger partial charge on any atom is -0.378 e. The second-order valence-electron chi connectivity index (χ2n) is 3.20. The van der Waals surface area contributed by atoms with Crippen molar-refractivity contribution in [3.63, 3.8) is 0 Å². The van der Waals surface area contributed by atoms with E-state index in [1.54, 1.807) is 6.92 Å². The van der Waals surface area contributed by atoms with E-state index in [1.807, 2.05) is 0 Å². The Hall–Kier alpha value is -1.82. The first-order chi connectivity index (χ1) is 7.70. The number of pyridine rings is 1. The SMILES string of the molecule is COCc1nc(-c2nc(C)no2)ccc1F. The molecule has 6 heteroatoms. The van der Waals surface area contributed by atoms with E-state index in [4.69, 9.17) is 9.26 Å². The summed E-state index contributed by atoms with van der Waals surface area (Å²) >= 11 is 0. The van der Waals surface area contributed by atoms with Crippen molar-refractivity contribution in [3.8, 4) is 11.6 Å². The summed E-state index contributed by atoms with van der Waals surface area (Å²) in [6.45, 7) is 1.80. The van der Waals surface area contributed by atoms with Crippen molar-refractivity contribution in [1.82, 2.24) is 15.1 Å². The lowest BCUT2D eigenvalue weighted by Gasteiger charge is -2.01. The number of aromatic nitrogens is 3. The van der Waals surface area contributed by atoms with E-state index in [1.165, 1.54) is 19.2 Å². The largest absolute Gasteiger partial charge is 0.378 e. The molecule has 0 bridgehead atoms. The third kappa shape index (κ3) is 2.06. The molecule has 0 atom stereocenters. The highest BCUT2D eigenvalue weighted by atomic mass is 19.1. The normalized spacial score (nSPS) is 10.7. The molecule has 5 nitrogen and oxygen atoms in total. The third-order valence-corrected chi connectivity index (χ3v) is 1.95. The van der Waals surface area contributed by atoms with Crippen molar-refractivity contribution in [2.45, 2.75) is 13.5 Å². The van der Waals surface area contributed by atoms with Crippen molar-refractivity contribution in [3.05, 3.63) is 29.5 Å². The summed E-state index contributed by atoms with van der Waals surface area (Å²) in [6.07, 6.45) is 0. The molecule has 2 aromatic rings. The molecule has 16 heavy (non-hydrogen) atoms. The number of nitrogens with zero attached hydrogens (tertiary/aromatic N) is 3. The first-order valence-electron chi connectivity index (χ1n) is 4.65. The zero-order valence-electron chi connectivity index (χ0n) is 8.90. The van der Waals surface area contributed by atoms with E-state index < -0.39 is 5.82 Å². The highest BCUT2D eigenvalue weighted by molar-refractivity contribution is 5.46. The molecule has 0 saturated carbocycles. The Morgan fingerprint density at radius 3 is 2.81 bits per heavy atom. The van der Waals surface area contributed by atoms with E-state index in [0.29, 0.717) is 11.5 Å². The van der Waals surface area contributed by atoms with Gasteiger partial charge in [-0.25, -0.2) is 9.37 Å². The molecule has 0 fully saturated rings. The van der Waals surface area contributed by atoms with Crippen LogP contribution >= 0.6 is 0 Å². The average Bonchev–Trinajstić information content (AvgIpc) is 2.69.